The van der Waals surface area contributed by atoms with E-state index in [4.69, 9.17) is 4.74 Å². The van der Waals surface area contributed by atoms with Gasteiger partial charge in [-0.15, -0.1) is 0 Å². The van der Waals surface area contributed by atoms with Crippen LogP contribution in [0.15, 0.2) is 52.3 Å². The van der Waals surface area contributed by atoms with Gasteiger partial charge in [0.1, 0.15) is 5.75 Å². The van der Waals surface area contributed by atoms with Crippen LogP contribution in [0, 0.1) is 12.8 Å². The lowest BCUT2D eigenvalue weighted by atomic mass is 9.87. The second-order valence-electron chi connectivity index (χ2n) is 8.85. The molecule has 160 valence electrons. The molecule has 1 aliphatic rings. The smallest absolute Gasteiger partial charge is 0.120 e. The summed E-state index contributed by atoms with van der Waals surface area (Å²) in [5.74, 6) is 2.34. The zero-order valence-corrected chi connectivity index (χ0v) is 19.5. The Labute approximate surface area is 185 Å². The van der Waals surface area contributed by atoms with Gasteiger partial charge in [0.25, 0.3) is 0 Å². The number of piperidine rings is 1. The van der Waals surface area contributed by atoms with Gasteiger partial charge in [0, 0.05) is 32.9 Å². The zero-order chi connectivity index (χ0) is 21.1. The first-order valence-electron chi connectivity index (χ1n) is 11.3. The first-order chi connectivity index (χ1) is 14.5. The Morgan fingerprint density at radius 3 is 2.60 bits per heavy atom. The van der Waals surface area contributed by atoms with E-state index in [-0.39, 0.29) is 0 Å². The minimum Gasteiger partial charge on any atom is -0.494 e. The first-order valence-corrected chi connectivity index (χ1v) is 12.1. The monoisotopic (exact) mass is 422 g/mol. The van der Waals surface area contributed by atoms with Crippen LogP contribution in [0.25, 0.3) is 10.9 Å². The first kappa shape index (κ1) is 21.3. The number of likely N-dealkylation sites (tertiary alicyclic amines) is 1. The number of nitrogens with one attached hydrogen (secondary N) is 1. The summed E-state index contributed by atoms with van der Waals surface area (Å²) in [6.45, 7) is 13.3. The van der Waals surface area contributed by atoms with E-state index in [1.54, 1.807) is 5.56 Å². The van der Waals surface area contributed by atoms with Gasteiger partial charge in [0.2, 0.25) is 0 Å². The number of ether oxygens (including phenoxy) is 1. The Kier molecular flexibility index (Phi) is 6.74. The van der Waals surface area contributed by atoms with Crippen molar-refractivity contribution in [3.8, 4) is 5.75 Å². The van der Waals surface area contributed by atoms with E-state index in [2.05, 4.69) is 67.1 Å². The Bertz CT molecular complexity index is 986. The number of hydrogen-bond acceptors (Lipinski definition) is 3. The van der Waals surface area contributed by atoms with Crippen LogP contribution in [0.4, 0.5) is 0 Å². The summed E-state index contributed by atoms with van der Waals surface area (Å²) >= 11 is 1.81. The van der Waals surface area contributed by atoms with Gasteiger partial charge >= 0.3 is 0 Å². The maximum Gasteiger partial charge on any atom is 0.120 e. The molecule has 0 bridgehead atoms. The predicted molar refractivity (Wildman–Crippen MR) is 128 cm³/mol. The molecule has 2 aromatic carbocycles. The average Bonchev–Trinajstić information content (AvgIpc) is 3.04. The van der Waals surface area contributed by atoms with Gasteiger partial charge in [-0.05, 0) is 93.6 Å². The van der Waals surface area contributed by atoms with Crippen molar-refractivity contribution in [2.24, 2.45) is 5.92 Å². The van der Waals surface area contributed by atoms with Crippen LogP contribution in [-0.2, 0) is 0 Å². The third-order valence-electron chi connectivity index (χ3n) is 5.98. The maximum absolute atomic E-state index is 5.67. The van der Waals surface area contributed by atoms with E-state index in [0.717, 1.165) is 11.7 Å². The van der Waals surface area contributed by atoms with Crippen LogP contribution in [0.3, 0.4) is 0 Å². The van der Waals surface area contributed by atoms with Gasteiger partial charge in [0.15, 0.2) is 0 Å². The standard InChI is InChI=1S/C26H34N2OS/c1-5-29-21-7-6-8-22(15-21)30-23-9-10-25-24(16-23)26(19(4)27-25)20-11-13-28(14-12-20)17-18(2)3/h6-10,15-16,18,20,27H,5,11-14,17H2,1-4H3. The summed E-state index contributed by atoms with van der Waals surface area (Å²) < 4.78 is 5.67. The number of H-pyrrole nitrogens is 1. The fourth-order valence-electron chi connectivity index (χ4n) is 4.77. The minimum absolute atomic E-state index is 0.656. The number of aryl methyl sites for hydroxylation is 1. The predicted octanol–water partition coefficient (Wildman–Crippen LogP) is 6.86. The van der Waals surface area contributed by atoms with Crippen molar-refractivity contribution in [2.75, 3.05) is 26.2 Å². The number of nitrogens with zero attached hydrogens (tertiary/aromatic N) is 1. The molecular formula is C26H34N2OS. The highest BCUT2D eigenvalue weighted by Crippen LogP contribution is 2.38. The fourth-order valence-corrected chi connectivity index (χ4v) is 5.67. The largest absolute Gasteiger partial charge is 0.494 e. The van der Waals surface area contributed by atoms with Crippen molar-refractivity contribution < 1.29 is 4.74 Å². The summed E-state index contributed by atoms with van der Waals surface area (Å²) in [5.41, 5.74) is 4.15. The van der Waals surface area contributed by atoms with Crippen molar-refractivity contribution in [2.45, 2.75) is 56.2 Å². The third-order valence-corrected chi connectivity index (χ3v) is 6.96. The molecule has 1 N–H and O–H groups in total. The summed E-state index contributed by atoms with van der Waals surface area (Å²) in [4.78, 5) is 8.78. The SMILES string of the molecule is CCOc1cccc(Sc2ccc3[nH]c(C)c(C4CCN(CC(C)C)CC4)c3c2)c1. The molecule has 3 nitrogen and oxygen atoms in total. The Morgan fingerprint density at radius 2 is 1.87 bits per heavy atom. The van der Waals surface area contributed by atoms with Crippen LogP contribution in [0.2, 0.25) is 0 Å². The Balaban J connectivity index is 1.55. The van der Waals surface area contributed by atoms with Gasteiger partial charge in [-0.25, -0.2) is 0 Å². The summed E-state index contributed by atoms with van der Waals surface area (Å²) in [7, 11) is 0. The highest BCUT2D eigenvalue weighted by atomic mass is 32.2. The second kappa shape index (κ2) is 9.49. The van der Waals surface area contributed by atoms with E-state index in [1.165, 1.54) is 58.9 Å². The molecule has 4 heteroatoms. The molecule has 2 heterocycles. The third kappa shape index (κ3) is 4.87. The number of rotatable bonds is 7. The fraction of sp³-hybridized carbons (Fsp3) is 0.462. The number of fused-ring (bicyclic) bond motifs is 1. The van der Waals surface area contributed by atoms with Gasteiger partial charge < -0.3 is 14.6 Å². The molecule has 0 radical (unpaired) electrons. The van der Waals surface area contributed by atoms with Crippen LogP contribution >= 0.6 is 11.8 Å². The van der Waals surface area contributed by atoms with E-state index in [9.17, 15) is 0 Å². The van der Waals surface area contributed by atoms with Gasteiger partial charge in [-0.1, -0.05) is 31.7 Å². The molecule has 30 heavy (non-hydrogen) atoms. The molecule has 1 saturated heterocycles. The van der Waals surface area contributed by atoms with Crippen LogP contribution in [0.5, 0.6) is 5.75 Å². The van der Waals surface area contributed by atoms with Crippen LogP contribution in [-0.4, -0.2) is 36.1 Å². The normalized spacial score (nSPS) is 15.9. The van der Waals surface area contributed by atoms with E-state index >= 15 is 0 Å². The molecular weight excluding hydrogens is 388 g/mol. The van der Waals surface area contributed by atoms with Crippen molar-refractivity contribution in [1.29, 1.82) is 0 Å². The highest BCUT2D eigenvalue weighted by molar-refractivity contribution is 7.99. The number of benzene rings is 2. The quantitative estimate of drug-likeness (QED) is 0.451. The van der Waals surface area contributed by atoms with Gasteiger partial charge in [0.05, 0.1) is 6.61 Å². The lowest BCUT2D eigenvalue weighted by Gasteiger charge is -2.33. The topological polar surface area (TPSA) is 28.3 Å². The molecule has 3 aromatic rings. The Hall–Kier alpha value is -1.91. The molecule has 0 unspecified atom stereocenters. The minimum atomic E-state index is 0.656. The van der Waals surface area contributed by atoms with Gasteiger partial charge in [-0.3, -0.25) is 0 Å². The van der Waals surface area contributed by atoms with Crippen molar-refractivity contribution in [1.82, 2.24) is 9.88 Å². The number of hydrogen-bond donors (Lipinski definition) is 1. The Morgan fingerprint density at radius 1 is 1.10 bits per heavy atom. The van der Waals surface area contributed by atoms with Crippen molar-refractivity contribution in [3.05, 3.63) is 53.7 Å². The maximum atomic E-state index is 5.67. The van der Waals surface area contributed by atoms with E-state index in [1.807, 2.05) is 24.8 Å². The molecule has 0 amide bonds. The summed E-state index contributed by atoms with van der Waals surface area (Å²) in [5, 5.41) is 1.40. The van der Waals surface area contributed by atoms with Crippen molar-refractivity contribution >= 4 is 22.7 Å². The number of aromatic nitrogens is 1. The van der Waals surface area contributed by atoms with Crippen LogP contribution < -0.4 is 4.74 Å². The number of aromatic amines is 1. The molecule has 0 atom stereocenters. The molecule has 1 aromatic heterocycles. The molecule has 1 aliphatic heterocycles. The summed E-state index contributed by atoms with van der Waals surface area (Å²) in [6, 6.07) is 15.2. The lowest BCUT2D eigenvalue weighted by molar-refractivity contribution is 0.192. The zero-order valence-electron chi connectivity index (χ0n) is 18.7. The van der Waals surface area contributed by atoms with E-state index in [0.29, 0.717) is 12.5 Å². The molecule has 0 aliphatic carbocycles. The molecule has 4 rings (SSSR count). The second-order valence-corrected chi connectivity index (χ2v) is 10.00. The summed E-state index contributed by atoms with van der Waals surface area (Å²) in [6.07, 6.45) is 2.52. The molecule has 0 saturated carbocycles. The van der Waals surface area contributed by atoms with E-state index < -0.39 is 0 Å². The molecule has 1 fully saturated rings. The lowest BCUT2D eigenvalue weighted by Crippen LogP contribution is -2.35. The highest BCUT2D eigenvalue weighted by Gasteiger charge is 2.25. The van der Waals surface area contributed by atoms with Gasteiger partial charge in [-0.2, -0.15) is 0 Å². The van der Waals surface area contributed by atoms with Crippen LogP contribution in [0.1, 0.15) is 50.8 Å². The molecule has 0 spiro atoms. The average molecular weight is 423 g/mol. The van der Waals surface area contributed by atoms with Crippen molar-refractivity contribution in [3.63, 3.8) is 0 Å².